The van der Waals surface area contributed by atoms with E-state index in [9.17, 15) is 19.8 Å². The molecule has 298 valence electrons. The molecule has 1 heterocycles. The first-order valence-electron chi connectivity index (χ1n) is 19.8. The van der Waals surface area contributed by atoms with Crippen LogP contribution in [0.2, 0.25) is 0 Å². The molecule has 2 aromatic rings. The molecule has 0 spiro atoms. The first kappa shape index (κ1) is 44.3. The minimum absolute atomic E-state index is 0.146. The summed E-state index contributed by atoms with van der Waals surface area (Å²) in [5.74, 6) is 0.123. The van der Waals surface area contributed by atoms with Gasteiger partial charge < -0.3 is 19.7 Å². The number of phenols is 2. The predicted octanol–water partition coefficient (Wildman–Crippen LogP) is 10.2. The SMILES string of the molecule is CC(C)(C)c1cc(CCCOC(=O)C2CC(C)(C)N(CCOC(=O)CCc3cc(C(C)(C)C)c(O)c(C(C)(C)C)c3)C(C)(C)C2)cc(C(C)(C)C)c1O. The third-order valence-corrected chi connectivity index (χ3v) is 10.9. The minimum atomic E-state index is -0.296. The third kappa shape index (κ3) is 11.5. The van der Waals surface area contributed by atoms with E-state index in [4.69, 9.17) is 9.47 Å². The van der Waals surface area contributed by atoms with Crippen molar-refractivity contribution in [1.82, 2.24) is 4.90 Å². The number of nitrogens with zero attached hydrogens (tertiary/aromatic N) is 1. The second-order valence-corrected chi connectivity index (χ2v) is 21.0. The Morgan fingerprint density at radius 1 is 0.642 bits per heavy atom. The maximum absolute atomic E-state index is 13.4. The van der Waals surface area contributed by atoms with Crippen LogP contribution in [0.3, 0.4) is 0 Å². The van der Waals surface area contributed by atoms with Crippen molar-refractivity contribution in [2.75, 3.05) is 19.8 Å². The van der Waals surface area contributed by atoms with Crippen molar-refractivity contribution >= 4 is 11.9 Å². The molecule has 3 rings (SSSR count). The molecule has 1 saturated heterocycles. The number of likely N-dealkylation sites (tertiary alicyclic amines) is 1. The van der Waals surface area contributed by atoms with Crippen molar-refractivity contribution in [3.05, 3.63) is 57.6 Å². The molecule has 0 atom stereocenters. The van der Waals surface area contributed by atoms with Gasteiger partial charge in [0.15, 0.2) is 0 Å². The average molecular weight is 736 g/mol. The summed E-state index contributed by atoms with van der Waals surface area (Å²) in [6.07, 6.45) is 3.61. The first-order chi connectivity index (χ1) is 23.9. The standard InChI is InChI=1S/C46H73NO6/c1-41(2,3)33-24-30(25-34(38(33)49)42(4,5)6)18-17-22-53-40(51)32-28-45(13,14)47(46(15,16)29-32)21-23-52-37(48)20-19-31-26-35(43(7,8)9)39(50)36(27-31)44(10,11)12/h24-27,32,49-50H,17-23,28-29H2,1-16H3. The summed E-state index contributed by atoms with van der Waals surface area (Å²) < 4.78 is 11.7. The van der Waals surface area contributed by atoms with E-state index in [0.29, 0.717) is 50.3 Å². The number of phenolic OH excluding ortho intramolecular Hbond substituents is 2. The van der Waals surface area contributed by atoms with E-state index >= 15 is 0 Å². The number of hydrogen-bond acceptors (Lipinski definition) is 7. The fraction of sp³-hybridized carbons (Fsp3) is 0.696. The fourth-order valence-electron chi connectivity index (χ4n) is 8.19. The van der Waals surface area contributed by atoms with E-state index in [1.165, 1.54) is 0 Å². The van der Waals surface area contributed by atoms with Gasteiger partial charge in [0.25, 0.3) is 0 Å². The zero-order chi connectivity index (χ0) is 40.5. The van der Waals surface area contributed by atoms with E-state index in [1.807, 2.05) is 12.1 Å². The summed E-state index contributed by atoms with van der Waals surface area (Å²) in [4.78, 5) is 28.7. The second-order valence-electron chi connectivity index (χ2n) is 21.0. The molecule has 0 radical (unpaired) electrons. The second kappa shape index (κ2) is 16.0. The number of carbonyl (C=O) groups is 2. The molecular weight excluding hydrogens is 663 g/mol. The van der Waals surface area contributed by atoms with Gasteiger partial charge in [-0.15, -0.1) is 0 Å². The van der Waals surface area contributed by atoms with Gasteiger partial charge in [0, 0.05) is 24.0 Å². The fourth-order valence-corrected chi connectivity index (χ4v) is 8.19. The summed E-state index contributed by atoms with van der Waals surface area (Å²) >= 11 is 0. The van der Waals surface area contributed by atoms with Crippen LogP contribution in [0.25, 0.3) is 0 Å². The molecule has 7 nitrogen and oxygen atoms in total. The number of rotatable bonds is 11. The molecule has 2 N–H and O–H groups in total. The van der Waals surface area contributed by atoms with Crippen molar-refractivity contribution in [3.8, 4) is 11.5 Å². The highest BCUT2D eigenvalue weighted by atomic mass is 16.5. The highest BCUT2D eigenvalue weighted by Gasteiger charge is 2.47. The van der Waals surface area contributed by atoms with Crippen LogP contribution in [0, 0.1) is 5.92 Å². The van der Waals surface area contributed by atoms with Gasteiger partial charge in [-0.05, 0) is 115 Å². The quantitative estimate of drug-likeness (QED) is 0.175. The molecular formula is C46H73NO6. The summed E-state index contributed by atoms with van der Waals surface area (Å²) in [5.41, 5.74) is 4.42. The van der Waals surface area contributed by atoms with Gasteiger partial charge in [0.1, 0.15) is 18.1 Å². The Morgan fingerprint density at radius 2 is 1.02 bits per heavy atom. The third-order valence-electron chi connectivity index (χ3n) is 10.9. The Morgan fingerprint density at radius 3 is 1.40 bits per heavy atom. The van der Waals surface area contributed by atoms with E-state index < -0.39 is 0 Å². The van der Waals surface area contributed by atoms with Crippen LogP contribution in [0.15, 0.2) is 24.3 Å². The Hall–Kier alpha value is -3.06. The topological polar surface area (TPSA) is 96.3 Å². The van der Waals surface area contributed by atoms with Gasteiger partial charge in [-0.2, -0.15) is 0 Å². The van der Waals surface area contributed by atoms with Crippen molar-refractivity contribution in [3.63, 3.8) is 0 Å². The molecule has 0 unspecified atom stereocenters. The number of benzene rings is 2. The molecule has 2 aromatic carbocycles. The number of hydrogen-bond donors (Lipinski definition) is 2. The number of piperidine rings is 1. The van der Waals surface area contributed by atoms with Gasteiger partial charge in [-0.3, -0.25) is 14.5 Å². The maximum atomic E-state index is 13.4. The Labute approximate surface area is 322 Å². The number of aryl methyl sites for hydroxylation is 2. The first-order valence-corrected chi connectivity index (χ1v) is 19.8. The van der Waals surface area contributed by atoms with Crippen molar-refractivity contribution in [2.24, 2.45) is 5.92 Å². The lowest BCUT2D eigenvalue weighted by atomic mass is 9.73. The molecule has 1 aliphatic heterocycles. The highest BCUT2D eigenvalue weighted by Crippen LogP contribution is 2.43. The smallest absolute Gasteiger partial charge is 0.309 e. The lowest BCUT2D eigenvalue weighted by Crippen LogP contribution is -2.62. The summed E-state index contributed by atoms with van der Waals surface area (Å²) in [5, 5.41) is 22.1. The Bertz CT molecular complexity index is 1520. The van der Waals surface area contributed by atoms with Crippen molar-refractivity contribution < 1.29 is 29.3 Å². The minimum Gasteiger partial charge on any atom is -0.507 e. The molecule has 0 saturated carbocycles. The van der Waals surface area contributed by atoms with E-state index in [1.54, 1.807) is 0 Å². The predicted molar refractivity (Wildman–Crippen MR) is 217 cm³/mol. The summed E-state index contributed by atoms with van der Waals surface area (Å²) in [6.45, 7) is 35.1. The lowest BCUT2D eigenvalue weighted by molar-refractivity contribution is -0.158. The zero-order valence-electron chi connectivity index (χ0n) is 36.2. The van der Waals surface area contributed by atoms with Crippen LogP contribution in [0.1, 0.15) is 170 Å². The molecule has 53 heavy (non-hydrogen) atoms. The highest BCUT2D eigenvalue weighted by molar-refractivity contribution is 5.73. The summed E-state index contributed by atoms with van der Waals surface area (Å²) in [7, 11) is 0. The van der Waals surface area contributed by atoms with Crippen LogP contribution in [0.4, 0.5) is 0 Å². The van der Waals surface area contributed by atoms with Crippen LogP contribution in [-0.2, 0) is 53.6 Å². The van der Waals surface area contributed by atoms with E-state index in [0.717, 1.165) is 39.8 Å². The monoisotopic (exact) mass is 736 g/mol. The molecule has 1 fully saturated rings. The van der Waals surface area contributed by atoms with Crippen LogP contribution >= 0.6 is 0 Å². The van der Waals surface area contributed by atoms with Gasteiger partial charge in [0.05, 0.1) is 12.5 Å². The van der Waals surface area contributed by atoms with Crippen molar-refractivity contribution in [2.45, 2.75) is 182 Å². The number of esters is 2. The zero-order valence-corrected chi connectivity index (χ0v) is 36.2. The normalized spacial score (nSPS) is 17.1. The molecule has 7 heteroatoms. The van der Waals surface area contributed by atoms with E-state index in [-0.39, 0.29) is 63.6 Å². The van der Waals surface area contributed by atoms with Gasteiger partial charge in [0.2, 0.25) is 0 Å². The lowest BCUT2D eigenvalue weighted by Gasteiger charge is -2.54. The van der Waals surface area contributed by atoms with Gasteiger partial charge in [-0.1, -0.05) is 107 Å². The Balaban J connectivity index is 1.55. The number of ether oxygens (including phenoxy) is 2. The molecule has 0 amide bonds. The molecule has 0 bridgehead atoms. The molecule has 0 aromatic heterocycles. The van der Waals surface area contributed by atoms with E-state index in [2.05, 4.69) is 128 Å². The van der Waals surface area contributed by atoms with Crippen LogP contribution in [0.5, 0.6) is 11.5 Å². The van der Waals surface area contributed by atoms with Crippen LogP contribution < -0.4 is 0 Å². The molecule has 1 aliphatic rings. The van der Waals surface area contributed by atoms with Gasteiger partial charge >= 0.3 is 11.9 Å². The molecule has 0 aliphatic carbocycles. The van der Waals surface area contributed by atoms with Crippen LogP contribution in [-0.4, -0.2) is 57.9 Å². The van der Waals surface area contributed by atoms with Gasteiger partial charge in [-0.25, -0.2) is 0 Å². The number of carbonyl (C=O) groups excluding carboxylic acids is 2. The maximum Gasteiger partial charge on any atom is 0.309 e. The Kier molecular flexibility index (Phi) is 13.4. The average Bonchev–Trinajstić information content (AvgIpc) is 2.97. The number of aromatic hydroxyl groups is 2. The largest absolute Gasteiger partial charge is 0.507 e. The van der Waals surface area contributed by atoms with Crippen molar-refractivity contribution in [1.29, 1.82) is 0 Å². The summed E-state index contributed by atoms with van der Waals surface area (Å²) in [6, 6.07) is 8.26.